The lowest BCUT2D eigenvalue weighted by atomic mass is 9.93. The summed E-state index contributed by atoms with van der Waals surface area (Å²) in [7, 11) is 0. The Labute approximate surface area is 159 Å². The molecule has 2 fully saturated rings. The molecule has 2 atom stereocenters. The van der Waals surface area contributed by atoms with Crippen molar-refractivity contribution in [1.29, 1.82) is 0 Å². The molecule has 2 unspecified atom stereocenters. The van der Waals surface area contributed by atoms with Crippen LogP contribution in [0, 0.1) is 5.92 Å². The molecule has 4 rings (SSSR count). The van der Waals surface area contributed by atoms with E-state index in [1.54, 1.807) is 0 Å². The van der Waals surface area contributed by atoms with Crippen molar-refractivity contribution in [2.45, 2.75) is 26.3 Å². The topological polar surface area (TPSA) is 70.8 Å². The van der Waals surface area contributed by atoms with E-state index in [1.165, 1.54) is 0 Å². The van der Waals surface area contributed by atoms with E-state index < -0.39 is 0 Å². The van der Waals surface area contributed by atoms with Crippen LogP contribution in [-0.2, 0) is 4.74 Å². The summed E-state index contributed by atoms with van der Waals surface area (Å²) < 4.78 is 11.3. The third-order valence-corrected chi connectivity index (χ3v) is 5.74. The highest BCUT2D eigenvalue weighted by molar-refractivity contribution is 6.04. The van der Waals surface area contributed by atoms with Gasteiger partial charge in [-0.05, 0) is 37.6 Å². The van der Waals surface area contributed by atoms with Crippen molar-refractivity contribution in [3.8, 4) is 0 Å². The van der Waals surface area contributed by atoms with Crippen LogP contribution in [0.1, 0.15) is 30.6 Å². The van der Waals surface area contributed by atoms with Gasteiger partial charge in [0.05, 0.1) is 18.8 Å². The number of amides is 1. The number of nitrogens with zero attached hydrogens (tertiary/aromatic N) is 3. The number of aromatic nitrogens is 1. The van der Waals surface area contributed by atoms with E-state index in [4.69, 9.17) is 9.15 Å². The van der Waals surface area contributed by atoms with Crippen molar-refractivity contribution in [2.75, 3.05) is 50.8 Å². The summed E-state index contributed by atoms with van der Waals surface area (Å²) in [5.41, 5.74) is 1.86. The molecule has 1 N–H and O–H groups in total. The number of likely N-dealkylation sites (N-methyl/N-ethyl adjacent to an activating group) is 1. The second-order valence-corrected chi connectivity index (χ2v) is 7.49. The molecule has 2 aromatic rings. The molecule has 0 radical (unpaired) electrons. The molecule has 0 saturated carbocycles. The van der Waals surface area contributed by atoms with Gasteiger partial charge in [0, 0.05) is 25.7 Å². The van der Waals surface area contributed by atoms with E-state index in [0.717, 1.165) is 39.1 Å². The van der Waals surface area contributed by atoms with Crippen LogP contribution in [-0.4, -0.2) is 67.8 Å². The lowest BCUT2D eigenvalue weighted by Crippen LogP contribution is -2.51. The van der Waals surface area contributed by atoms with Gasteiger partial charge in [-0.2, -0.15) is 4.98 Å². The zero-order valence-corrected chi connectivity index (χ0v) is 16.1. The molecule has 2 saturated heterocycles. The molecular weight excluding hydrogens is 344 g/mol. The number of morpholine rings is 1. The van der Waals surface area contributed by atoms with E-state index in [0.29, 0.717) is 41.8 Å². The minimum absolute atomic E-state index is 0.0720. The summed E-state index contributed by atoms with van der Waals surface area (Å²) in [4.78, 5) is 22.1. The summed E-state index contributed by atoms with van der Waals surface area (Å²) >= 11 is 0. The summed E-state index contributed by atoms with van der Waals surface area (Å²) in [5, 5.41) is 3.23. The van der Waals surface area contributed by atoms with Crippen LogP contribution in [0.3, 0.4) is 0 Å². The number of carbonyl (C=O) groups excluding carboxylic acids is 1. The first-order valence-corrected chi connectivity index (χ1v) is 9.91. The van der Waals surface area contributed by atoms with Gasteiger partial charge in [-0.25, -0.2) is 0 Å². The molecule has 0 aliphatic carbocycles. The molecular formula is C20H28N4O3. The van der Waals surface area contributed by atoms with E-state index in [1.807, 2.05) is 18.2 Å². The molecule has 0 spiro atoms. The Kier molecular flexibility index (Phi) is 5.31. The minimum Gasteiger partial charge on any atom is -0.423 e. The van der Waals surface area contributed by atoms with Gasteiger partial charge in [0.1, 0.15) is 5.52 Å². The first-order valence-electron chi connectivity index (χ1n) is 9.91. The Morgan fingerprint density at radius 1 is 1.30 bits per heavy atom. The number of anilines is 1. The normalized spacial score (nSPS) is 24.3. The molecule has 146 valence electrons. The van der Waals surface area contributed by atoms with Gasteiger partial charge in [0.15, 0.2) is 5.58 Å². The number of para-hydroxylation sites is 1. The van der Waals surface area contributed by atoms with E-state index in [9.17, 15) is 4.79 Å². The number of carbonyl (C=O) groups is 1. The number of fused-ring (bicyclic) bond motifs is 1. The van der Waals surface area contributed by atoms with Crippen LogP contribution in [0.2, 0.25) is 0 Å². The van der Waals surface area contributed by atoms with Gasteiger partial charge in [0.25, 0.3) is 11.9 Å². The summed E-state index contributed by atoms with van der Waals surface area (Å²) in [6, 6.07) is 6.28. The van der Waals surface area contributed by atoms with Gasteiger partial charge in [-0.1, -0.05) is 19.9 Å². The molecule has 27 heavy (non-hydrogen) atoms. The summed E-state index contributed by atoms with van der Waals surface area (Å²) in [5.74, 6) is 0.398. The van der Waals surface area contributed by atoms with E-state index >= 15 is 0 Å². The number of benzene rings is 1. The van der Waals surface area contributed by atoms with Gasteiger partial charge < -0.3 is 24.3 Å². The van der Waals surface area contributed by atoms with Crippen molar-refractivity contribution in [1.82, 2.24) is 15.2 Å². The zero-order valence-electron chi connectivity index (χ0n) is 16.1. The number of ether oxygens (including phenoxy) is 1. The Morgan fingerprint density at radius 3 is 2.89 bits per heavy atom. The average Bonchev–Trinajstić information content (AvgIpc) is 3.14. The molecule has 1 amide bonds. The van der Waals surface area contributed by atoms with E-state index in [2.05, 4.69) is 33.9 Å². The highest BCUT2D eigenvalue weighted by Crippen LogP contribution is 2.26. The highest BCUT2D eigenvalue weighted by atomic mass is 16.5. The molecule has 7 heteroatoms. The molecule has 3 heterocycles. The number of likely N-dealkylation sites (tertiary alicyclic amines) is 1. The number of oxazole rings is 1. The van der Waals surface area contributed by atoms with Crippen LogP contribution in [0.25, 0.3) is 11.1 Å². The smallest absolute Gasteiger partial charge is 0.298 e. The SMILES string of the molecule is CCN1CCC(C)C(NC(=O)c2cccc3oc(N4CCOCC4)nc23)C1. The van der Waals surface area contributed by atoms with Crippen molar-refractivity contribution in [2.24, 2.45) is 5.92 Å². The van der Waals surface area contributed by atoms with Gasteiger partial charge in [-0.15, -0.1) is 0 Å². The van der Waals surface area contributed by atoms with Crippen LogP contribution in [0.4, 0.5) is 6.01 Å². The molecule has 1 aromatic carbocycles. The van der Waals surface area contributed by atoms with Crippen LogP contribution >= 0.6 is 0 Å². The molecule has 2 aliphatic rings. The largest absolute Gasteiger partial charge is 0.423 e. The monoisotopic (exact) mass is 372 g/mol. The number of rotatable bonds is 4. The predicted molar refractivity (Wildman–Crippen MR) is 104 cm³/mol. The lowest BCUT2D eigenvalue weighted by Gasteiger charge is -2.36. The lowest BCUT2D eigenvalue weighted by molar-refractivity contribution is 0.0867. The maximum absolute atomic E-state index is 13.0. The Hall–Kier alpha value is -2.12. The van der Waals surface area contributed by atoms with Crippen molar-refractivity contribution >= 4 is 23.0 Å². The second kappa shape index (κ2) is 7.86. The fraction of sp³-hybridized carbons (Fsp3) is 0.600. The standard InChI is InChI=1S/C20H28N4O3/c1-3-23-8-7-14(2)16(13-23)21-19(25)15-5-4-6-17-18(15)22-20(27-17)24-9-11-26-12-10-24/h4-6,14,16H,3,7-13H2,1-2H3,(H,21,25). The van der Waals surface area contributed by atoms with Gasteiger partial charge in [-0.3, -0.25) is 4.79 Å². The Morgan fingerprint density at radius 2 is 2.11 bits per heavy atom. The first-order chi connectivity index (χ1) is 13.2. The van der Waals surface area contributed by atoms with Crippen LogP contribution in [0.15, 0.2) is 22.6 Å². The third kappa shape index (κ3) is 3.80. The third-order valence-electron chi connectivity index (χ3n) is 5.74. The Bertz CT molecular complexity index is 800. The van der Waals surface area contributed by atoms with Gasteiger partial charge in [0.2, 0.25) is 0 Å². The molecule has 0 bridgehead atoms. The van der Waals surface area contributed by atoms with Crippen molar-refractivity contribution < 1.29 is 13.9 Å². The van der Waals surface area contributed by atoms with Crippen molar-refractivity contribution in [3.63, 3.8) is 0 Å². The average molecular weight is 372 g/mol. The van der Waals surface area contributed by atoms with Crippen LogP contribution in [0.5, 0.6) is 0 Å². The number of hydrogen-bond acceptors (Lipinski definition) is 6. The zero-order chi connectivity index (χ0) is 18.8. The first kappa shape index (κ1) is 18.3. The van der Waals surface area contributed by atoms with Crippen LogP contribution < -0.4 is 10.2 Å². The summed E-state index contributed by atoms with van der Waals surface area (Å²) in [6.45, 7) is 10.2. The molecule has 7 nitrogen and oxygen atoms in total. The quantitative estimate of drug-likeness (QED) is 0.887. The van der Waals surface area contributed by atoms with Gasteiger partial charge >= 0.3 is 0 Å². The number of hydrogen-bond donors (Lipinski definition) is 1. The maximum atomic E-state index is 13.0. The molecule has 1 aromatic heterocycles. The van der Waals surface area contributed by atoms with Crippen molar-refractivity contribution in [3.05, 3.63) is 23.8 Å². The Balaban J connectivity index is 1.55. The maximum Gasteiger partial charge on any atom is 0.298 e. The highest BCUT2D eigenvalue weighted by Gasteiger charge is 2.28. The summed E-state index contributed by atoms with van der Waals surface area (Å²) in [6.07, 6.45) is 1.11. The fourth-order valence-corrected chi connectivity index (χ4v) is 3.87. The molecule has 2 aliphatic heterocycles. The second-order valence-electron chi connectivity index (χ2n) is 7.49. The number of piperidine rings is 1. The minimum atomic E-state index is -0.0720. The number of nitrogens with one attached hydrogen (secondary N) is 1. The van der Waals surface area contributed by atoms with E-state index in [-0.39, 0.29) is 11.9 Å². The fourth-order valence-electron chi connectivity index (χ4n) is 3.87. The predicted octanol–water partition coefficient (Wildman–Crippen LogP) is 2.12.